The molecule has 3 rings (SSSR count). The molecule has 2 aliphatic carbocycles. The zero-order valence-electron chi connectivity index (χ0n) is 10.2. The molecule has 92 valence electrons. The van der Waals surface area contributed by atoms with E-state index in [1.54, 1.807) is 0 Å². The molecule has 1 aromatic carbocycles. The fourth-order valence-corrected chi connectivity index (χ4v) is 3.90. The Balaban J connectivity index is 1.79. The number of benzene rings is 1. The van der Waals surface area contributed by atoms with Crippen LogP contribution in [-0.4, -0.2) is 6.04 Å². The molecule has 0 radical (unpaired) electrons. The van der Waals surface area contributed by atoms with E-state index in [-0.39, 0.29) is 0 Å². The van der Waals surface area contributed by atoms with Crippen LogP contribution in [0.15, 0.2) is 16.6 Å². The predicted octanol–water partition coefficient (Wildman–Crippen LogP) is 3.94. The maximum absolute atomic E-state index is 5.90. The normalized spacial score (nSPS) is 30.8. The Morgan fingerprint density at radius 2 is 2.12 bits per heavy atom. The third-order valence-electron chi connectivity index (χ3n) is 4.43. The smallest absolute Gasteiger partial charge is 0.0491 e. The first kappa shape index (κ1) is 11.4. The number of nitrogen functional groups attached to an aromatic ring is 1. The summed E-state index contributed by atoms with van der Waals surface area (Å²) in [5.74, 6) is 1.87. The van der Waals surface area contributed by atoms with E-state index < -0.39 is 0 Å². The van der Waals surface area contributed by atoms with Crippen LogP contribution in [0.25, 0.3) is 0 Å². The van der Waals surface area contributed by atoms with E-state index in [1.165, 1.54) is 31.4 Å². The van der Waals surface area contributed by atoms with Crippen LogP contribution in [0, 0.1) is 18.8 Å². The van der Waals surface area contributed by atoms with Crippen molar-refractivity contribution < 1.29 is 0 Å². The van der Waals surface area contributed by atoms with E-state index in [2.05, 4.69) is 34.2 Å². The van der Waals surface area contributed by atoms with Crippen LogP contribution >= 0.6 is 15.9 Å². The molecule has 0 aromatic heterocycles. The van der Waals surface area contributed by atoms with Gasteiger partial charge < -0.3 is 11.1 Å². The van der Waals surface area contributed by atoms with Gasteiger partial charge >= 0.3 is 0 Å². The van der Waals surface area contributed by atoms with E-state index >= 15 is 0 Å². The highest BCUT2D eigenvalue weighted by atomic mass is 79.9. The monoisotopic (exact) mass is 294 g/mol. The quantitative estimate of drug-likeness (QED) is 0.811. The van der Waals surface area contributed by atoms with Gasteiger partial charge in [0.2, 0.25) is 0 Å². The molecular formula is C14H19BrN2. The Hall–Kier alpha value is -0.700. The van der Waals surface area contributed by atoms with Crippen molar-refractivity contribution in [2.45, 2.75) is 38.6 Å². The number of anilines is 2. The van der Waals surface area contributed by atoms with Gasteiger partial charge in [0, 0.05) is 21.9 Å². The van der Waals surface area contributed by atoms with E-state index in [0.717, 1.165) is 27.6 Å². The molecule has 2 fully saturated rings. The minimum atomic E-state index is 0.674. The first-order valence-electron chi connectivity index (χ1n) is 6.45. The van der Waals surface area contributed by atoms with E-state index in [0.29, 0.717) is 6.04 Å². The van der Waals surface area contributed by atoms with Crippen molar-refractivity contribution in [3.05, 3.63) is 22.2 Å². The standard InChI is InChI=1S/C14H19BrN2/c1-8-4-14(11(15)7-12(8)16)17-13-6-9-2-3-10(13)5-9/h4,7,9-10,13,17H,2-3,5-6,16H2,1H3. The van der Waals surface area contributed by atoms with Crippen LogP contribution in [0.2, 0.25) is 0 Å². The fraction of sp³-hybridized carbons (Fsp3) is 0.571. The average molecular weight is 295 g/mol. The molecule has 2 aliphatic rings. The molecule has 3 unspecified atom stereocenters. The maximum atomic E-state index is 5.90. The Morgan fingerprint density at radius 3 is 2.76 bits per heavy atom. The highest BCUT2D eigenvalue weighted by Crippen LogP contribution is 2.46. The molecule has 2 saturated carbocycles. The summed E-state index contributed by atoms with van der Waals surface area (Å²) in [5.41, 5.74) is 9.11. The SMILES string of the molecule is Cc1cc(NC2CC3CCC2C3)c(Br)cc1N. The van der Waals surface area contributed by atoms with Gasteiger partial charge in [0.1, 0.15) is 0 Å². The fourth-order valence-electron chi connectivity index (χ4n) is 3.43. The Morgan fingerprint density at radius 1 is 1.29 bits per heavy atom. The predicted molar refractivity (Wildman–Crippen MR) is 76.2 cm³/mol. The van der Waals surface area contributed by atoms with Crippen molar-refractivity contribution in [1.82, 2.24) is 0 Å². The third-order valence-corrected chi connectivity index (χ3v) is 5.09. The highest BCUT2D eigenvalue weighted by Gasteiger charge is 2.39. The third kappa shape index (κ3) is 2.05. The molecule has 2 bridgehead atoms. The summed E-state index contributed by atoms with van der Waals surface area (Å²) in [6.45, 7) is 2.06. The molecule has 3 heteroatoms. The summed E-state index contributed by atoms with van der Waals surface area (Å²) in [7, 11) is 0. The molecular weight excluding hydrogens is 276 g/mol. The lowest BCUT2D eigenvalue weighted by Gasteiger charge is -2.25. The van der Waals surface area contributed by atoms with Crippen LogP contribution in [-0.2, 0) is 0 Å². The van der Waals surface area contributed by atoms with Gasteiger partial charge in [-0.15, -0.1) is 0 Å². The minimum Gasteiger partial charge on any atom is -0.398 e. The summed E-state index contributed by atoms with van der Waals surface area (Å²) >= 11 is 3.60. The van der Waals surface area contributed by atoms with Crippen LogP contribution in [0.3, 0.4) is 0 Å². The number of fused-ring (bicyclic) bond motifs is 2. The Kier molecular flexibility index (Phi) is 2.81. The number of halogens is 1. The van der Waals surface area contributed by atoms with Crippen molar-refractivity contribution >= 4 is 27.3 Å². The van der Waals surface area contributed by atoms with E-state index in [9.17, 15) is 0 Å². The number of hydrogen-bond donors (Lipinski definition) is 2. The zero-order chi connectivity index (χ0) is 12.0. The van der Waals surface area contributed by atoms with E-state index in [4.69, 9.17) is 5.73 Å². The van der Waals surface area contributed by atoms with Gasteiger partial charge in [-0.05, 0) is 71.6 Å². The summed E-state index contributed by atoms with van der Waals surface area (Å²) in [5, 5.41) is 3.71. The molecule has 0 saturated heterocycles. The minimum absolute atomic E-state index is 0.674. The second kappa shape index (κ2) is 4.20. The highest BCUT2D eigenvalue weighted by molar-refractivity contribution is 9.10. The van der Waals surface area contributed by atoms with Crippen LogP contribution in [0.4, 0.5) is 11.4 Å². The summed E-state index contributed by atoms with van der Waals surface area (Å²) in [4.78, 5) is 0. The van der Waals surface area contributed by atoms with Gasteiger partial charge in [-0.3, -0.25) is 0 Å². The summed E-state index contributed by atoms with van der Waals surface area (Å²) in [6.07, 6.45) is 5.64. The van der Waals surface area contributed by atoms with Crippen molar-refractivity contribution in [3.8, 4) is 0 Å². The zero-order valence-corrected chi connectivity index (χ0v) is 11.8. The summed E-state index contributed by atoms with van der Waals surface area (Å²) in [6, 6.07) is 4.84. The first-order chi connectivity index (χ1) is 8.13. The molecule has 1 aromatic rings. The first-order valence-corrected chi connectivity index (χ1v) is 7.25. The molecule has 0 aliphatic heterocycles. The van der Waals surface area contributed by atoms with Crippen LogP contribution in [0.5, 0.6) is 0 Å². The number of hydrogen-bond acceptors (Lipinski definition) is 2. The van der Waals surface area contributed by atoms with Gasteiger partial charge in [-0.25, -0.2) is 0 Å². The largest absolute Gasteiger partial charge is 0.398 e. The number of aryl methyl sites for hydroxylation is 1. The lowest BCUT2D eigenvalue weighted by atomic mass is 9.95. The number of nitrogens with one attached hydrogen (secondary N) is 1. The molecule has 2 nitrogen and oxygen atoms in total. The molecule has 17 heavy (non-hydrogen) atoms. The molecule has 3 N–H and O–H groups in total. The molecule has 3 atom stereocenters. The van der Waals surface area contributed by atoms with Crippen molar-refractivity contribution in [2.75, 3.05) is 11.1 Å². The van der Waals surface area contributed by atoms with Gasteiger partial charge in [-0.1, -0.05) is 6.42 Å². The second-order valence-corrected chi connectivity index (χ2v) is 6.47. The maximum Gasteiger partial charge on any atom is 0.0491 e. The van der Waals surface area contributed by atoms with Gasteiger partial charge in [0.15, 0.2) is 0 Å². The van der Waals surface area contributed by atoms with Gasteiger partial charge in [-0.2, -0.15) is 0 Å². The lowest BCUT2D eigenvalue weighted by molar-refractivity contribution is 0.439. The van der Waals surface area contributed by atoms with Gasteiger partial charge in [0.05, 0.1) is 0 Å². The second-order valence-electron chi connectivity index (χ2n) is 5.61. The van der Waals surface area contributed by atoms with Crippen molar-refractivity contribution in [2.24, 2.45) is 11.8 Å². The molecule has 0 heterocycles. The average Bonchev–Trinajstić information content (AvgIpc) is 2.87. The Labute approximate surface area is 111 Å². The van der Waals surface area contributed by atoms with Crippen molar-refractivity contribution in [1.29, 1.82) is 0 Å². The Bertz CT molecular complexity index is 444. The van der Waals surface area contributed by atoms with Crippen LogP contribution < -0.4 is 11.1 Å². The van der Waals surface area contributed by atoms with Crippen LogP contribution in [0.1, 0.15) is 31.2 Å². The summed E-state index contributed by atoms with van der Waals surface area (Å²) < 4.78 is 1.09. The van der Waals surface area contributed by atoms with Crippen molar-refractivity contribution in [3.63, 3.8) is 0 Å². The topological polar surface area (TPSA) is 38.0 Å². The number of rotatable bonds is 2. The van der Waals surface area contributed by atoms with Gasteiger partial charge in [0.25, 0.3) is 0 Å². The molecule has 0 spiro atoms. The lowest BCUT2D eigenvalue weighted by Crippen LogP contribution is -2.26. The van der Waals surface area contributed by atoms with E-state index in [1.807, 2.05) is 6.07 Å². The molecule has 0 amide bonds. The number of nitrogens with two attached hydrogens (primary N) is 1.